The van der Waals surface area contributed by atoms with E-state index in [1.165, 1.54) is 12.1 Å². The van der Waals surface area contributed by atoms with Gasteiger partial charge in [0.1, 0.15) is 5.54 Å². The van der Waals surface area contributed by atoms with Crippen LogP contribution in [0.15, 0.2) is 24.3 Å². The van der Waals surface area contributed by atoms with E-state index in [9.17, 15) is 23.2 Å². The summed E-state index contributed by atoms with van der Waals surface area (Å²) >= 11 is 0. The van der Waals surface area contributed by atoms with Crippen LogP contribution < -0.4 is 5.32 Å². The number of nitrogens with zero attached hydrogens (tertiary/aromatic N) is 2. The minimum atomic E-state index is -4.36. The standard InChI is InChI=1S/C18H24F3N3O/c1-12(2)17(4,11-22)23-16(25)13(3)24(5)10-14-6-8-15(9-7-14)18(19,20)21/h6-9,12-13H,10H2,1-5H3,(H,23,25)/t13-,17+/m0/s1. The lowest BCUT2D eigenvalue weighted by Crippen LogP contribution is -2.54. The van der Waals surface area contributed by atoms with Gasteiger partial charge in [-0.3, -0.25) is 9.69 Å². The highest BCUT2D eigenvalue weighted by molar-refractivity contribution is 5.82. The van der Waals surface area contributed by atoms with Gasteiger partial charge < -0.3 is 5.32 Å². The first-order valence-electron chi connectivity index (χ1n) is 8.00. The molecule has 1 aromatic rings. The Kier molecular flexibility index (Phi) is 6.61. The first kappa shape index (κ1) is 21.0. The van der Waals surface area contributed by atoms with Crippen LogP contribution in [-0.4, -0.2) is 29.4 Å². The Morgan fingerprint density at radius 1 is 1.24 bits per heavy atom. The Hall–Kier alpha value is -2.07. The van der Waals surface area contributed by atoms with Crippen molar-refractivity contribution in [3.05, 3.63) is 35.4 Å². The smallest absolute Gasteiger partial charge is 0.336 e. The van der Waals surface area contributed by atoms with Gasteiger partial charge in [0.25, 0.3) is 0 Å². The quantitative estimate of drug-likeness (QED) is 0.849. The summed E-state index contributed by atoms with van der Waals surface area (Å²) in [6, 6.07) is 6.44. The third-order valence-corrected chi connectivity index (χ3v) is 4.52. The second-order valence-electron chi connectivity index (χ2n) is 6.74. The number of halogens is 3. The summed E-state index contributed by atoms with van der Waals surface area (Å²) in [5.41, 5.74) is -1.01. The number of rotatable bonds is 6. The highest BCUT2D eigenvalue weighted by Gasteiger charge is 2.33. The Bertz CT molecular complexity index is 634. The van der Waals surface area contributed by atoms with E-state index >= 15 is 0 Å². The molecule has 2 atom stereocenters. The lowest BCUT2D eigenvalue weighted by Gasteiger charge is -2.31. The van der Waals surface area contributed by atoms with Crippen LogP contribution in [0, 0.1) is 17.2 Å². The fourth-order valence-electron chi connectivity index (χ4n) is 2.09. The van der Waals surface area contributed by atoms with E-state index in [0.717, 1.165) is 12.1 Å². The molecule has 1 N–H and O–H groups in total. The van der Waals surface area contributed by atoms with Crippen LogP contribution in [0.3, 0.4) is 0 Å². The van der Waals surface area contributed by atoms with Crippen LogP contribution in [0.25, 0.3) is 0 Å². The minimum Gasteiger partial charge on any atom is -0.336 e. The number of hydrogen-bond donors (Lipinski definition) is 1. The van der Waals surface area contributed by atoms with E-state index < -0.39 is 23.3 Å². The third kappa shape index (κ3) is 5.46. The van der Waals surface area contributed by atoms with Crippen LogP contribution >= 0.6 is 0 Å². The number of nitriles is 1. The maximum atomic E-state index is 12.6. The summed E-state index contributed by atoms with van der Waals surface area (Å²) in [4.78, 5) is 14.1. The number of nitrogens with one attached hydrogen (secondary N) is 1. The normalized spacial score (nSPS) is 15.6. The highest BCUT2D eigenvalue weighted by Crippen LogP contribution is 2.29. The summed E-state index contributed by atoms with van der Waals surface area (Å²) in [5, 5.41) is 12.0. The van der Waals surface area contributed by atoms with Gasteiger partial charge in [-0.05, 0) is 44.5 Å². The van der Waals surface area contributed by atoms with E-state index in [0.29, 0.717) is 12.1 Å². The van der Waals surface area contributed by atoms with Gasteiger partial charge in [-0.25, -0.2) is 0 Å². The molecule has 25 heavy (non-hydrogen) atoms. The van der Waals surface area contributed by atoms with Gasteiger partial charge in [0.15, 0.2) is 0 Å². The molecule has 0 radical (unpaired) electrons. The lowest BCUT2D eigenvalue weighted by molar-refractivity contribution is -0.137. The zero-order chi connectivity index (χ0) is 19.4. The number of benzene rings is 1. The molecule has 0 aliphatic heterocycles. The van der Waals surface area contributed by atoms with E-state index in [1.54, 1.807) is 25.8 Å². The van der Waals surface area contributed by atoms with Crippen molar-refractivity contribution >= 4 is 5.91 Å². The molecular weight excluding hydrogens is 331 g/mol. The second kappa shape index (κ2) is 7.87. The van der Waals surface area contributed by atoms with Gasteiger partial charge in [-0.15, -0.1) is 0 Å². The molecule has 1 rings (SSSR count). The molecule has 138 valence electrons. The number of carbonyl (C=O) groups excluding carboxylic acids is 1. The maximum absolute atomic E-state index is 12.6. The van der Waals surface area contributed by atoms with Crippen LogP contribution in [0.1, 0.15) is 38.8 Å². The molecule has 0 spiro atoms. The Morgan fingerprint density at radius 3 is 2.16 bits per heavy atom. The Labute approximate surface area is 146 Å². The van der Waals surface area contributed by atoms with Crippen LogP contribution in [-0.2, 0) is 17.5 Å². The molecule has 0 aliphatic rings. The van der Waals surface area contributed by atoms with Crippen LogP contribution in [0.5, 0.6) is 0 Å². The van der Waals surface area contributed by atoms with E-state index in [-0.39, 0.29) is 11.8 Å². The van der Waals surface area contributed by atoms with Crippen LogP contribution in [0.2, 0.25) is 0 Å². The summed E-state index contributed by atoms with van der Waals surface area (Å²) in [6.45, 7) is 7.37. The number of likely N-dealkylation sites (N-methyl/N-ethyl adjacent to an activating group) is 1. The van der Waals surface area contributed by atoms with E-state index in [4.69, 9.17) is 0 Å². The molecule has 4 nitrogen and oxygen atoms in total. The van der Waals surface area contributed by atoms with Crippen molar-refractivity contribution in [1.82, 2.24) is 10.2 Å². The largest absolute Gasteiger partial charge is 0.416 e. The molecule has 0 saturated heterocycles. The number of carbonyl (C=O) groups is 1. The second-order valence-corrected chi connectivity index (χ2v) is 6.74. The van der Waals surface area contributed by atoms with Crippen molar-refractivity contribution in [3.63, 3.8) is 0 Å². The SMILES string of the molecule is CC(C)[C@@](C)(C#N)NC(=O)[C@H](C)N(C)Cc1ccc(C(F)(F)F)cc1. The Morgan fingerprint density at radius 2 is 1.76 bits per heavy atom. The molecule has 1 aromatic carbocycles. The molecule has 0 aromatic heterocycles. The number of hydrogen-bond acceptors (Lipinski definition) is 3. The Balaban J connectivity index is 2.75. The first-order valence-corrected chi connectivity index (χ1v) is 8.00. The predicted octanol–water partition coefficient (Wildman–Crippen LogP) is 3.58. The fourth-order valence-corrected chi connectivity index (χ4v) is 2.09. The van der Waals surface area contributed by atoms with Crippen molar-refractivity contribution in [2.45, 2.75) is 52.0 Å². The van der Waals surface area contributed by atoms with Crippen LogP contribution in [0.4, 0.5) is 13.2 Å². The summed E-state index contributed by atoms with van der Waals surface area (Å²) in [7, 11) is 1.71. The van der Waals surface area contributed by atoms with Gasteiger partial charge in [0, 0.05) is 6.54 Å². The average molecular weight is 355 g/mol. The molecule has 0 unspecified atom stereocenters. The molecule has 0 bridgehead atoms. The topological polar surface area (TPSA) is 56.1 Å². The number of alkyl halides is 3. The van der Waals surface area contributed by atoms with Crippen molar-refractivity contribution < 1.29 is 18.0 Å². The van der Waals surface area contributed by atoms with Crippen molar-refractivity contribution in [2.75, 3.05) is 7.05 Å². The average Bonchev–Trinajstić information content (AvgIpc) is 2.53. The molecule has 0 fully saturated rings. The van der Waals surface area contributed by atoms with Crippen molar-refractivity contribution in [2.24, 2.45) is 5.92 Å². The van der Waals surface area contributed by atoms with Crippen molar-refractivity contribution in [1.29, 1.82) is 5.26 Å². The molecule has 1 amide bonds. The summed E-state index contributed by atoms with van der Waals surface area (Å²) in [5.74, 6) is -0.360. The van der Waals surface area contributed by atoms with Gasteiger partial charge in [0.05, 0.1) is 17.7 Å². The van der Waals surface area contributed by atoms with Gasteiger partial charge >= 0.3 is 6.18 Å². The fraction of sp³-hybridized carbons (Fsp3) is 0.556. The van der Waals surface area contributed by atoms with Gasteiger partial charge in [-0.2, -0.15) is 18.4 Å². The predicted molar refractivity (Wildman–Crippen MR) is 89.4 cm³/mol. The zero-order valence-electron chi connectivity index (χ0n) is 15.1. The van der Waals surface area contributed by atoms with E-state index in [2.05, 4.69) is 11.4 Å². The highest BCUT2D eigenvalue weighted by atomic mass is 19.4. The molecule has 7 heteroatoms. The van der Waals surface area contributed by atoms with Crippen molar-refractivity contribution in [3.8, 4) is 6.07 Å². The monoisotopic (exact) mass is 355 g/mol. The van der Waals surface area contributed by atoms with Gasteiger partial charge in [0.2, 0.25) is 5.91 Å². The van der Waals surface area contributed by atoms with Gasteiger partial charge in [-0.1, -0.05) is 26.0 Å². The first-order chi connectivity index (χ1) is 11.4. The maximum Gasteiger partial charge on any atom is 0.416 e. The summed E-state index contributed by atoms with van der Waals surface area (Å²) < 4.78 is 37.7. The van der Waals surface area contributed by atoms with E-state index in [1.807, 2.05) is 13.8 Å². The molecule has 0 saturated carbocycles. The molecule has 0 heterocycles. The third-order valence-electron chi connectivity index (χ3n) is 4.52. The summed E-state index contributed by atoms with van der Waals surface area (Å²) in [6.07, 6.45) is -4.36. The lowest BCUT2D eigenvalue weighted by atomic mass is 9.90. The number of amides is 1. The zero-order valence-corrected chi connectivity index (χ0v) is 15.1. The molecular formula is C18H24F3N3O. The minimum absolute atomic E-state index is 0.0612. The molecule has 0 aliphatic carbocycles.